The van der Waals surface area contributed by atoms with E-state index in [0.717, 1.165) is 11.1 Å². The molecule has 1 heterocycles. The molecule has 1 fully saturated rings. The number of esters is 1. The highest BCUT2D eigenvalue weighted by Crippen LogP contribution is 2.56. The molecule has 110 valence electrons. The van der Waals surface area contributed by atoms with Gasteiger partial charge in [0, 0.05) is 6.92 Å². The smallest absolute Gasteiger partial charge is 0.302 e. The van der Waals surface area contributed by atoms with E-state index in [1.165, 1.54) is 6.92 Å². The molecule has 1 aliphatic rings. The van der Waals surface area contributed by atoms with Crippen LogP contribution in [-0.4, -0.2) is 23.8 Å². The fourth-order valence-electron chi connectivity index (χ4n) is 2.78. The van der Waals surface area contributed by atoms with Gasteiger partial charge >= 0.3 is 5.97 Å². The maximum atomic E-state index is 11.1. The number of benzene rings is 1. The molecule has 2 rings (SSSR count). The average molecular weight is 278 g/mol. The first-order valence-electron chi connectivity index (χ1n) is 6.85. The summed E-state index contributed by atoms with van der Waals surface area (Å²) in [4.78, 5) is 11.1. The summed E-state index contributed by atoms with van der Waals surface area (Å²) >= 11 is 0. The lowest BCUT2D eigenvalue weighted by Gasteiger charge is -2.60. The molecular weight excluding hydrogens is 256 g/mol. The van der Waals surface area contributed by atoms with Gasteiger partial charge in [0.15, 0.2) is 0 Å². The van der Waals surface area contributed by atoms with Crippen LogP contribution in [0.2, 0.25) is 0 Å². The van der Waals surface area contributed by atoms with Crippen molar-refractivity contribution in [2.75, 3.05) is 6.61 Å². The van der Waals surface area contributed by atoms with Gasteiger partial charge in [0.1, 0.15) is 12.2 Å². The maximum Gasteiger partial charge on any atom is 0.302 e. The van der Waals surface area contributed by atoms with Crippen LogP contribution in [-0.2, 0) is 26.5 Å². The van der Waals surface area contributed by atoms with Gasteiger partial charge in [-0.25, -0.2) is 0 Å². The van der Waals surface area contributed by atoms with E-state index in [9.17, 15) is 4.79 Å². The molecule has 1 aromatic rings. The molecule has 0 spiro atoms. The van der Waals surface area contributed by atoms with Gasteiger partial charge in [-0.1, -0.05) is 31.2 Å². The Balaban J connectivity index is 2.25. The first-order chi connectivity index (χ1) is 9.33. The van der Waals surface area contributed by atoms with Crippen LogP contribution in [0.4, 0.5) is 0 Å². The van der Waals surface area contributed by atoms with E-state index < -0.39 is 5.60 Å². The monoisotopic (exact) mass is 278 g/mol. The van der Waals surface area contributed by atoms with Crippen LogP contribution in [0, 0.1) is 5.41 Å². The van der Waals surface area contributed by atoms with E-state index in [4.69, 9.17) is 14.6 Å². The lowest BCUT2D eigenvalue weighted by atomic mass is 9.62. The zero-order valence-electron chi connectivity index (χ0n) is 12.5. The molecule has 1 N–H and O–H groups in total. The predicted molar refractivity (Wildman–Crippen MR) is 75.0 cm³/mol. The molecule has 4 heteroatoms. The van der Waals surface area contributed by atoms with Gasteiger partial charge in [-0.2, -0.15) is 0 Å². The highest BCUT2D eigenvalue weighted by Gasteiger charge is 2.61. The number of hydrogen-bond donors (Lipinski definition) is 1. The van der Waals surface area contributed by atoms with E-state index in [1.807, 2.05) is 38.1 Å². The summed E-state index contributed by atoms with van der Waals surface area (Å²) in [6.07, 6.45) is 0.0179. The molecule has 1 saturated heterocycles. The Hall–Kier alpha value is -1.39. The van der Waals surface area contributed by atoms with Crippen LogP contribution in [0.15, 0.2) is 24.3 Å². The summed E-state index contributed by atoms with van der Waals surface area (Å²) in [6, 6.07) is 7.70. The molecule has 4 nitrogen and oxygen atoms in total. The third kappa shape index (κ3) is 2.23. The highest BCUT2D eigenvalue weighted by atomic mass is 16.6. The zero-order chi connectivity index (χ0) is 15.0. The first-order valence-corrected chi connectivity index (χ1v) is 6.85. The Labute approximate surface area is 119 Å². The van der Waals surface area contributed by atoms with Crippen molar-refractivity contribution < 1.29 is 19.4 Å². The molecule has 1 aromatic carbocycles. The molecule has 0 aliphatic carbocycles. The van der Waals surface area contributed by atoms with Gasteiger partial charge in [-0.15, -0.1) is 0 Å². The third-order valence-corrected chi connectivity index (χ3v) is 4.66. The lowest BCUT2D eigenvalue weighted by Crippen LogP contribution is -2.65. The standard InChI is InChI=1S/C16H22O4/c1-11-15(3,10-19-12(2)18)16(4,20-11)14-7-5-13(9-17)6-8-14/h5-8,11,17H,9-10H2,1-4H3. The molecule has 3 atom stereocenters. The van der Waals surface area contributed by atoms with Crippen molar-refractivity contribution in [3.63, 3.8) is 0 Å². The SMILES string of the molecule is CC(=O)OCC1(C)C(C)OC1(C)c1ccc(CO)cc1. The molecule has 20 heavy (non-hydrogen) atoms. The number of carbonyl (C=O) groups is 1. The van der Waals surface area contributed by atoms with Crippen LogP contribution in [0.1, 0.15) is 38.8 Å². The summed E-state index contributed by atoms with van der Waals surface area (Å²) in [6.45, 7) is 7.86. The largest absolute Gasteiger partial charge is 0.465 e. The zero-order valence-corrected chi connectivity index (χ0v) is 12.5. The van der Waals surface area contributed by atoms with Gasteiger partial charge in [0.25, 0.3) is 0 Å². The fraction of sp³-hybridized carbons (Fsp3) is 0.562. The second-order valence-corrected chi connectivity index (χ2v) is 5.85. The van der Waals surface area contributed by atoms with Gasteiger partial charge in [0.2, 0.25) is 0 Å². The Kier molecular flexibility index (Phi) is 3.89. The lowest BCUT2D eigenvalue weighted by molar-refractivity contribution is -0.319. The highest BCUT2D eigenvalue weighted by molar-refractivity contribution is 5.66. The minimum Gasteiger partial charge on any atom is -0.465 e. The Morgan fingerprint density at radius 3 is 2.40 bits per heavy atom. The Morgan fingerprint density at radius 1 is 1.35 bits per heavy atom. The summed E-state index contributed by atoms with van der Waals surface area (Å²) in [5.74, 6) is -0.275. The maximum absolute atomic E-state index is 11.1. The number of hydrogen-bond acceptors (Lipinski definition) is 4. The van der Waals surface area contributed by atoms with E-state index in [1.54, 1.807) is 0 Å². The molecule has 3 unspecified atom stereocenters. The van der Waals surface area contributed by atoms with Crippen molar-refractivity contribution in [2.24, 2.45) is 5.41 Å². The summed E-state index contributed by atoms with van der Waals surface area (Å²) < 4.78 is 11.2. The minimum atomic E-state index is -0.490. The van der Waals surface area contributed by atoms with Crippen LogP contribution >= 0.6 is 0 Å². The van der Waals surface area contributed by atoms with Crippen molar-refractivity contribution in [3.8, 4) is 0 Å². The van der Waals surface area contributed by atoms with Crippen molar-refractivity contribution in [1.82, 2.24) is 0 Å². The number of rotatable bonds is 4. The van der Waals surface area contributed by atoms with E-state index in [-0.39, 0.29) is 24.1 Å². The molecule has 0 saturated carbocycles. The number of aliphatic hydroxyl groups excluding tert-OH is 1. The summed E-state index contributed by atoms with van der Waals surface area (Å²) in [7, 11) is 0. The number of ether oxygens (including phenoxy) is 2. The molecule has 0 amide bonds. The van der Waals surface area contributed by atoms with Crippen LogP contribution in [0.5, 0.6) is 0 Å². The summed E-state index contributed by atoms with van der Waals surface area (Å²) in [5.41, 5.74) is 1.14. The molecule has 1 aliphatic heterocycles. The molecule has 0 aromatic heterocycles. The van der Waals surface area contributed by atoms with Gasteiger partial charge in [-0.3, -0.25) is 4.79 Å². The van der Waals surface area contributed by atoms with Crippen LogP contribution in [0.3, 0.4) is 0 Å². The summed E-state index contributed by atoms with van der Waals surface area (Å²) in [5, 5.41) is 9.10. The predicted octanol–water partition coefficient (Wildman–Crippen LogP) is 2.38. The second-order valence-electron chi connectivity index (χ2n) is 5.85. The first kappa shape index (κ1) is 15.0. The van der Waals surface area contributed by atoms with Crippen molar-refractivity contribution in [1.29, 1.82) is 0 Å². The van der Waals surface area contributed by atoms with Crippen LogP contribution in [0.25, 0.3) is 0 Å². The number of carbonyl (C=O) groups excluding carboxylic acids is 1. The number of aliphatic hydroxyl groups is 1. The molecule has 0 bridgehead atoms. The quantitative estimate of drug-likeness (QED) is 0.859. The van der Waals surface area contributed by atoms with Gasteiger partial charge < -0.3 is 14.6 Å². The van der Waals surface area contributed by atoms with Crippen molar-refractivity contribution in [2.45, 2.75) is 46.0 Å². The normalized spacial score (nSPS) is 32.5. The second kappa shape index (κ2) is 5.19. The Bertz CT molecular complexity index is 496. The van der Waals surface area contributed by atoms with Crippen LogP contribution < -0.4 is 0 Å². The minimum absolute atomic E-state index is 0.0179. The topological polar surface area (TPSA) is 55.8 Å². The molecule has 0 radical (unpaired) electrons. The fourth-order valence-corrected chi connectivity index (χ4v) is 2.78. The average Bonchev–Trinajstić information content (AvgIpc) is 2.44. The van der Waals surface area contributed by atoms with E-state index >= 15 is 0 Å². The van der Waals surface area contributed by atoms with E-state index in [2.05, 4.69) is 6.92 Å². The van der Waals surface area contributed by atoms with Crippen molar-refractivity contribution in [3.05, 3.63) is 35.4 Å². The van der Waals surface area contributed by atoms with Crippen molar-refractivity contribution >= 4 is 5.97 Å². The van der Waals surface area contributed by atoms with Gasteiger partial charge in [-0.05, 0) is 25.0 Å². The third-order valence-electron chi connectivity index (χ3n) is 4.66. The molecular formula is C16H22O4. The van der Waals surface area contributed by atoms with E-state index in [0.29, 0.717) is 6.61 Å². The Morgan fingerprint density at radius 2 is 1.95 bits per heavy atom. The van der Waals surface area contributed by atoms with Gasteiger partial charge in [0.05, 0.1) is 18.1 Å².